The highest BCUT2D eigenvalue weighted by Crippen LogP contribution is 2.21. The summed E-state index contributed by atoms with van der Waals surface area (Å²) in [5.74, 6) is 1.11. The molecular weight excluding hydrogens is 354 g/mol. The molecular formula is C22H25N3O3. The normalized spacial score (nSPS) is 10.5. The SMILES string of the molecule is Cc1noc(C)c1COc1ccccc1C(=O)NCCN(C)c1ccccc1. The number of hydrogen-bond donors (Lipinski definition) is 1. The van der Waals surface area contributed by atoms with Crippen molar-refractivity contribution in [2.24, 2.45) is 0 Å². The highest BCUT2D eigenvalue weighted by Gasteiger charge is 2.14. The Hall–Kier alpha value is -3.28. The van der Waals surface area contributed by atoms with E-state index in [1.54, 1.807) is 12.1 Å². The van der Waals surface area contributed by atoms with Gasteiger partial charge in [-0.2, -0.15) is 0 Å². The van der Waals surface area contributed by atoms with Crippen LogP contribution in [0.5, 0.6) is 5.75 Å². The van der Waals surface area contributed by atoms with Gasteiger partial charge in [-0.3, -0.25) is 4.79 Å². The number of aryl methyl sites for hydroxylation is 2. The largest absolute Gasteiger partial charge is 0.488 e. The van der Waals surface area contributed by atoms with Crippen molar-refractivity contribution in [3.8, 4) is 5.75 Å². The van der Waals surface area contributed by atoms with Crippen LogP contribution in [0.25, 0.3) is 0 Å². The number of carbonyl (C=O) groups is 1. The highest BCUT2D eigenvalue weighted by atomic mass is 16.5. The van der Waals surface area contributed by atoms with Crippen molar-refractivity contribution in [3.63, 3.8) is 0 Å². The molecule has 3 aromatic rings. The van der Waals surface area contributed by atoms with E-state index in [9.17, 15) is 4.79 Å². The Morgan fingerprint density at radius 3 is 2.54 bits per heavy atom. The molecule has 0 spiro atoms. The Bertz CT molecular complexity index is 902. The molecule has 0 atom stereocenters. The molecule has 1 amide bonds. The Labute approximate surface area is 165 Å². The minimum absolute atomic E-state index is 0.157. The summed E-state index contributed by atoms with van der Waals surface area (Å²) in [5, 5.41) is 6.89. The standard InChI is InChI=1S/C22H25N3O3/c1-16-20(17(2)28-24-16)15-27-21-12-8-7-11-19(21)22(26)23-13-14-25(3)18-9-5-4-6-10-18/h4-12H,13-15H2,1-3H3,(H,23,26). The van der Waals surface area contributed by atoms with Crippen LogP contribution in [0.1, 0.15) is 27.4 Å². The molecule has 0 bridgehead atoms. The molecule has 6 heteroatoms. The number of amides is 1. The van der Waals surface area contributed by atoms with Gasteiger partial charge in [0, 0.05) is 25.8 Å². The van der Waals surface area contributed by atoms with Gasteiger partial charge >= 0.3 is 0 Å². The van der Waals surface area contributed by atoms with Gasteiger partial charge < -0.3 is 19.5 Å². The van der Waals surface area contributed by atoms with Crippen LogP contribution in [0.4, 0.5) is 5.69 Å². The van der Waals surface area contributed by atoms with Crippen molar-refractivity contribution in [2.45, 2.75) is 20.5 Å². The number of anilines is 1. The summed E-state index contributed by atoms with van der Waals surface area (Å²) >= 11 is 0. The third-order valence-electron chi connectivity index (χ3n) is 4.61. The van der Waals surface area contributed by atoms with E-state index in [1.807, 2.05) is 63.4 Å². The quantitative estimate of drug-likeness (QED) is 0.646. The number of para-hydroxylation sites is 2. The number of carbonyl (C=O) groups excluding carboxylic acids is 1. The van der Waals surface area contributed by atoms with Crippen molar-refractivity contribution in [3.05, 3.63) is 77.2 Å². The molecule has 0 radical (unpaired) electrons. The number of aromatic nitrogens is 1. The first-order valence-corrected chi connectivity index (χ1v) is 9.24. The monoisotopic (exact) mass is 379 g/mol. The summed E-state index contributed by atoms with van der Waals surface area (Å²) in [6.45, 7) is 5.26. The van der Waals surface area contributed by atoms with Gasteiger partial charge in [0.05, 0.1) is 16.8 Å². The van der Waals surface area contributed by atoms with Gasteiger partial charge in [0.1, 0.15) is 18.1 Å². The van der Waals surface area contributed by atoms with Crippen LogP contribution in [0.3, 0.4) is 0 Å². The van der Waals surface area contributed by atoms with E-state index in [-0.39, 0.29) is 5.91 Å². The van der Waals surface area contributed by atoms with Crippen LogP contribution in [0.15, 0.2) is 59.1 Å². The highest BCUT2D eigenvalue weighted by molar-refractivity contribution is 5.96. The van der Waals surface area contributed by atoms with Crippen LogP contribution in [-0.2, 0) is 6.61 Å². The van der Waals surface area contributed by atoms with Gasteiger partial charge in [-0.25, -0.2) is 0 Å². The fourth-order valence-electron chi connectivity index (χ4n) is 2.88. The number of nitrogens with zero attached hydrogens (tertiary/aromatic N) is 2. The van der Waals surface area contributed by atoms with Crippen LogP contribution < -0.4 is 15.0 Å². The Kier molecular flexibility index (Phi) is 6.32. The van der Waals surface area contributed by atoms with Crippen molar-refractivity contribution < 1.29 is 14.1 Å². The maximum Gasteiger partial charge on any atom is 0.255 e. The molecule has 0 unspecified atom stereocenters. The minimum Gasteiger partial charge on any atom is -0.488 e. The van der Waals surface area contributed by atoms with Crippen molar-refractivity contribution in [1.29, 1.82) is 0 Å². The van der Waals surface area contributed by atoms with E-state index < -0.39 is 0 Å². The zero-order valence-corrected chi connectivity index (χ0v) is 16.4. The zero-order valence-electron chi connectivity index (χ0n) is 16.4. The zero-order chi connectivity index (χ0) is 19.9. The topological polar surface area (TPSA) is 67.6 Å². The average molecular weight is 379 g/mol. The number of hydrogen-bond acceptors (Lipinski definition) is 5. The maximum atomic E-state index is 12.6. The number of likely N-dealkylation sites (N-methyl/N-ethyl adjacent to an activating group) is 1. The van der Waals surface area contributed by atoms with Crippen molar-refractivity contribution >= 4 is 11.6 Å². The number of benzene rings is 2. The molecule has 0 saturated carbocycles. The maximum absolute atomic E-state index is 12.6. The van der Waals surface area contributed by atoms with E-state index in [0.717, 1.165) is 22.7 Å². The lowest BCUT2D eigenvalue weighted by Gasteiger charge is -2.19. The molecule has 6 nitrogen and oxygen atoms in total. The molecule has 2 aromatic carbocycles. The average Bonchev–Trinajstić information content (AvgIpc) is 3.04. The van der Waals surface area contributed by atoms with Crippen molar-refractivity contribution in [2.75, 3.05) is 25.0 Å². The fourth-order valence-corrected chi connectivity index (χ4v) is 2.88. The molecule has 0 saturated heterocycles. The molecule has 3 rings (SSSR count). The van der Waals surface area contributed by atoms with Gasteiger partial charge in [0.25, 0.3) is 5.91 Å². The van der Waals surface area contributed by atoms with E-state index in [4.69, 9.17) is 9.26 Å². The molecule has 0 aliphatic heterocycles. The molecule has 146 valence electrons. The first kappa shape index (κ1) is 19.5. The Balaban J connectivity index is 1.58. The van der Waals surface area contributed by atoms with E-state index in [1.165, 1.54) is 0 Å². The number of nitrogens with one attached hydrogen (secondary N) is 1. The van der Waals surface area contributed by atoms with Crippen LogP contribution in [0, 0.1) is 13.8 Å². The second-order valence-electron chi connectivity index (χ2n) is 6.60. The second-order valence-corrected chi connectivity index (χ2v) is 6.60. The third-order valence-corrected chi connectivity index (χ3v) is 4.61. The van der Waals surface area contributed by atoms with Gasteiger partial charge in [0.15, 0.2) is 0 Å². The molecule has 0 aliphatic carbocycles. The smallest absolute Gasteiger partial charge is 0.255 e. The lowest BCUT2D eigenvalue weighted by Crippen LogP contribution is -2.33. The predicted molar refractivity (Wildman–Crippen MR) is 109 cm³/mol. The van der Waals surface area contributed by atoms with Crippen molar-refractivity contribution in [1.82, 2.24) is 10.5 Å². The summed E-state index contributed by atoms with van der Waals surface area (Å²) in [6.07, 6.45) is 0. The van der Waals surface area contributed by atoms with E-state index in [2.05, 4.69) is 15.4 Å². The summed E-state index contributed by atoms with van der Waals surface area (Å²) in [6, 6.07) is 17.3. The van der Waals surface area contributed by atoms with Crippen LogP contribution >= 0.6 is 0 Å². The summed E-state index contributed by atoms with van der Waals surface area (Å²) in [7, 11) is 2.00. The van der Waals surface area contributed by atoms with Gasteiger partial charge in [-0.1, -0.05) is 35.5 Å². The lowest BCUT2D eigenvalue weighted by atomic mass is 10.2. The Morgan fingerprint density at radius 1 is 1.11 bits per heavy atom. The van der Waals surface area contributed by atoms with Gasteiger partial charge in [0.2, 0.25) is 0 Å². The molecule has 1 N–H and O–H groups in total. The first-order chi connectivity index (χ1) is 13.6. The molecule has 1 aromatic heterocycles. The fraction of sp³-hybridized carbons (Fsp3) is 0.273. The second kappa shape index (κ2) is 9.08. The number of ether oxygens (including phenoxy) is 1. The number of rotatable bonds is 8. The first-order valence-electron chi connectivity index (χ1n) is 9.24. The molecule has 1 heterocycles. The van der Waals surface area contributed by atoms with Crippen LogP contribution in [0.2, 0.25) is 0 Å². The summed E-state index contributed by atoms with van der Waals surface area (Å²) in [5.41, 5.74) is 3.32. The van der Waals surface area contributed by atoms with E-state index in [0.29, 0.717) is 31.0 Å². The third kappa shape index (κ3) is 4.71. The minimum atomic E-state index is -0.157. The summed E-state index contributed by atoms with van der Waals surface area (Å²) < 4.78 is 11.0. The molecule has 0 fully saturated rings. The summed E-state index contributed by atoms with van der Waals surface area (Å²) in [4.78, 5) is 14.7. The predicted octanol–water partition coefficient (Wildman–Crippen LogP) is 3.74. The van der Waals surface area contributed by atoms with Crippen LogP contribution in [-0.4, -0.2) is 31.2 Å². The van der Waals surface area contributed by atoms with E-state index >= 15 is 0 Å². The Morgan fingerprint density at radius 2 is 1.82 bits per heavy atom. The molecule has 0 aliphatic rings. The molecule has 28 heavy (non-hydrogen) atoms. The lowest BCUT2D eigenvalue weighted by molar-refractivity contribution is 0.0950. The van der Waals surface area contributed by atoms with Gasteiger partial charge in [-0.05, 0) is 38.1 Å². The van der Waals surface area contributed by atoms with Gasteiger partial charge in [-0.15, -0.1) is 0 Å².